The molecule has 0 rings (SSSR count). The third-order valence-corrected chi connectivity index (χ3v) is 3.17. The van der Waals surface area contributed by atoms with Gasteiger partial charge in [-0.1, -0.05) is 26.0 Å². The van der Waals surface area contributed by atoms with Gasteiger partial charge in [0.2, 0.25) is 0 Å². The van der Waals surface area contributed by atoms with Crippen LogP contribution >= 0.6 is 0 Å². The Labute approximate surface area is 118 Å². The van der Waals surface area contributed by atoms with Gasteiger partial charge in [-0.25, -0.2) is 0 Å². The molecular formula is C16H29NO2. The lowest BCUT2D eigenvalue weighted by molar-refractivity contribution is -0.148. The van der Waals surface area contributed by atoms with Gasteiger partial charge in [0.25, 0.3) is 0 Å². The van der Waals surface area contributed by atoms with E-state index in [0.717, 1.165) is 38.8 Å². The van der Waals surface area contributed by atoms with E-state index in [2.05, 4.69) is 31.9 Å². The van der Waals surface area contributed by atoms with E-state index in [9.17, 15) is 4.79 Å². The first-order valence-corrected chi connectivity index (χ1v) is 7.12. The summed E-state index contributed by atoms with van der Waals surface area (Å²) in [5.74, 6) is 0.118. The SMILES string of the molecule is C=CCCCN(CCCC=C)C(C(=O)OC)C(C)C. The van der Waals surface area contributed by atoms with Gasteiger partial charge in [0.05, 0.1) is 7.11 Å². The van der Waals surface area contributed by atoms with Crippen LogP contribution in [0.5, 0.6) is 0 Å². The zero-order valence-electron chi connectivity index (χ0n) is 12.7. The molecule has 0 spiro atoms. The molecule has 0 saturated heterocycles. The van der Waals surface area contributed by atoms with Gasteiger partial charge in [-0.3, -0.25) is 9.69 Å². The van der Waals surface area contributed by atoms with Crippen molar-refractivity contribution in [2.75, 3.05) is 20.2 Å². The molecule has 0 aromatic heterocycles. The van der Waals surface area contributed by atoms with Gasteiger partial charge in [0, 0.05) is 0 Å². The van der Waals surface area contributed by atoms with Gasteiger partial charge in [0.15, 0.2) is 0 Å². The van der Waals surface area contributed by atoms with E-state index in [1.807, 2.05) is 12.2 Å². The summed E-state index contributed by atoms with van der Waals surface area (Å²) in [4.78, 5) is 14.2. The van der Waals surface area contributed by atoms with Crippen LogP contribution in [0.4, 0.5) is 0 Å². The normalized spacial score (nSPS) is 12.5. The summed E-state index contributed by atoms with van der Waals surface area (Å²) >= 11 is 0. The molecule has 0 aromatic rings. The van der Waals surface area contributed by atoms with E-state index in [4.69, 9.17) is 4.74 Å². The predicted molar refractivity (Wildman–Crippen MR) is 81.1 cm³/mol. The lowest BCUT2D eigenvalue weighted by atomic mass is 10.0. The number of ether oxygens (including phenoxy) is 1. The van der Waals surface area contributed by atoms with Gasteiger partial charge in [-0.15, -0.1) is 13.2 Å². The first-order valence-electron chi connectivity index (χ1n) is 7.12. The second kappa shape index (κ2) is 10.8. The number of methoxy groups -OCH3 is 1. The Morgan fingerprint density at radius 3 is 1.95 bits per heavy atom. The fourth-order valence-corrected chi connectivity index (χ4v) is 2.23. The van der Waals surface area contributed by atoms with Gasteiger partial charge < -0.3 is 4.74 Å². The number of unbranched alkanes of at least 4 members (excludes halogenated alkanes) is 2. The third kappa shape index (κ3) is 7.16. The van der Waals surface area contributed by atoms with Gasteiger partial charge >= 0.3 is 5.97 Å². The Balaban J connectivity index is 4.66. The van der Waals surface area contributed by atoms with Crippen molar-refractivity contribution >= 4 is 5.97 Å². The molecule has 0 radical (unpaired) electrons. The molecule has 0 fully saturated rings. The summed E-state index contributed by atoms with van der Waals surface area (Å²) in [5, 5.41) is 0. The van der Waals surface area contributed by atoms with Crippen molar-refractivity contribution in [3.63, 3.8) is 0 Å². The van der Waals surface area contributed by atoms with E-state index in [-0.39, 0.29) is 17.9 Å². The quantitative estimate of drug-likeness (QED) is 0.326. The summed E-state index contributed by atoms with van der Waals surface area (Å²) in [6.45, 7) is 13.4. The molecule has 1 unspecified atom stereocenters. The molecule has 0 bridgehead atoms. The molecule has 0 amide bonds. The number of rotatable bonds is 11. The van der Waals surface area contributed by atoms with Crippen LogP contribution in [0.3, 0.4) is 0 Å². The van der Waals surface area contributed by atoms with Crippen LogP contribution in [0.25, 0.3) is 0 Å². The Morgan fingerprint density at radius 1 is 1.16 bits per heavy atom. The highest BCUT2D eigenvalue weighted by molar-refractivity contribution is 5.75. The molecule has 0 heterocycles. The molecule has 0 N–H and O–H groups in total. The van der Waals surface area contributed by atoms with Crippen molar-refractivity contribution in [2.24, 2.45) is 5.92 Å². The largest absolute Gasteiger partial charge is 0.468 e. The molecule has 0 aliphatic rings. The van der Waals surface area contributed by atoms with E-state index < -0.39 is 0 Å². The topological polar surface area (TPSA) is 29.5 Å². The summed E-state index contributed by atoms with van der Waals surface area (Å²) < 4.78 is 4.95. The third-order valence-electron chi connectivity index (χ3n) is 3.17. The number of hydrogen-bond donors (Lipinski definition) is 0. The van der Waals surface area contributed by atoms with Crippen LogP contribution in [-0.2, 0) is 9.53 Å². The summed E-state index contributed by atoms with van der Waals surface area (Å²) in [7, 11) is 1.46. The van der Waals surface area contributed by atoms with Crippen LogP contribution in [0.2, 0.25) is 0 Å². The van der Waals surface area contributed by atoms with Crippen LogP contribution in [0, 0.1) is 5.92 Å². The highest BCUT2D eigenvalue weighted by Gasteiger charge is 2.28. The molecule has 1 atom stereocenters. The predicted octanol–water partition coefficient (Wildman–Crippen LogP) is 3.42. The number of nitrogens with zero attached hydrogens (tertiary/aromatic N) is 1. The Morgan fingerprint density at radius 2 is 1.63 bits per heavy atom. The lowest BCUT2D eigenvalue weighted by Crippen LogP contribution is -2.46. The maximum absolute atomic E-state index is 12.0. The molecule has 0 saturated carbocycles. The van der Waals surface area contributed by atoms with Gasteiger partial charge in [-0.2, -0.15) is 0 Å². The van der Waals surface area contributed by atoms with E-state index in [1.165, 1.54) is 7.11 Å². The standard InChI is InChI=1S/C16H29NO2/c1-6-8-10-12-17(13-11-9-7-2)15(14(3)4)16(18)19-5/h6-7,14-15H,1-2,8-13H2,3-5H3. The second-order valence-corrected chi connectivity index (χ2v) is 5.11. The van der Waals surface area contributed by atoms with Crippen molar-refractivity contribution in [1.82, 2.24) is 4.90 Å². The Bertz CT molecular complexity index is 260. The zero-order valence-corrected chi connectivity index (χ0v) is 12.7. The van der Waals surface area contributed by atoms with Crippen LogP contribution in [-0.4, -0.2) is 37.1 Å². The Kier molecular flexibility index (Phi) is 10.2. The summed E-state index contributed by atoms with van der Waals surface area (Å²) in [6, 6.07) is -0.153. The van der Waals surface area contributed by atoms with Gasteiger partial charge in [-0.05, 0) is 44.7 Å². The minimum atomic E-state index is -0.153. The first kappa shape index (κ1) is 17.9. The van der Waals surface area contributed by atoms with Crippen LogP contribution in [0.1, 0.15) is 39.5 Å². The first-order chi connectivity index (χ1) is 9.08. The summed E-state index contributed by atoms with van der Waals surface area (Å²) in [5.41, 5.74) is 0. The number of carbonyl (C=O) groups is 1. The fourth-order valence-electron chi connectivity index (χ4n) is 2.23. The number of esters is 1. The average molecular weight is 267 g/mol. The number of carbonyl (C=O) groups excluding carboxylic acids is 1. The maximum Gasteiger partial charge on any atom is 0.323 e. The highest BCUT2D eigenvalue weighted by Crippen LogP contribution is 2.15. The fraction of sp³-hybridized carbons (Fsp3) is 0.688. The monoisotopic (exact) mass is 267 g/mol. The molecule has 110 valence electrons. The number of hydrogen-bond acceptors (Lipinski definition) is 3. The molecule has 3 heteroatoms. The van der Waals surface area contributed by atoms with Crippen molar-refractivity contribution < 1.29 is 9.53 Å². The molecule has 19 heavy (non-hydrogen) atoms. The van der Waals surface area contributed by atoms with Crippen LogP contribution in [0.15, 0.2) is 25.3 Å². The molecule has 0 aliphatic carbocycles. The van der Waals surface area contributed by atoms with E-state index in [1.54, 1.807) is 0 Å². The molecular weight excluding hydrogens is 238 g/mol. The minimum Gasteiger partial charge on any atom is -0.468 e. The number of allylic oxidation sites excluding steroid dienone is 2. The zero-order chi connectivity index (χ0) is 14.7. The van der Waals surface area contributed by atoms with Gasteiger partial charge in [0.1, 0.15) is 6.04 Å². The lowest BCUT2D eigenvalue weighted by Gasteiger charge is -2.32. The van der Waals surface area contributed by atoms with Crippen molar-refractivity contribution in [2.45, 2.75) is 45.6 Å². The van der Waals surface area contributed by atoms with Crippen LogP contribution < -0.4 is 0 Å². The van der Waals surface area contributed by atoms with Crippen molar-refractivity contribution in [3.8, 4) is 0 Å². The van der Waals surface area contributed by atoms with E-state index in [0.29, 0.717) is 0 Å². The highest BCUT2D eigenvalue weighted by atomic mass is 16.5. The maximum atomic E-state index is 12.0. The molecule has 0 aromatic carbocycles. The molecule has 3 nitrogen and oxygen atoms in total. The summed E-state index contributed by atoms with van der Waals surface area (Å²) in [6.07, 6.45) is 7.85. The average Bonchev–Trinajstić information content (AvgIpc) is 2.38. The molecule has 0 aliphatic heterocycles. The second-order valence-electron chi connectivity index (χ2n) is 5.11. The van der Waals surface area contributed by atoms with E-state index >= 15 is 0 Å². The van der Waals surface area contributed by atoms with Crippen molar-refractivity contribution in [1.29, 1.82) is 0 Å². The smallest absolute Gasteiger partial charge is 0.323 e. The minimum absolute atomic E-state index is 0.132. The van der Waals surface area contributed by atoms with Crippen molar-refractivity contribution in [3.05, 3.63) is 25.3 Å². The Hall–Kier alpha value is -1.09.